The fourth-order valence-corrected chi connectivity index (χ4v) is 1.64. The van der Waals surface area contributed by atoms with E-state index in [-0.39, 0.29) is 12.2 Å². The van der Waals surface area contributed by atoms with Crippen LogP contribution in [-0.2, 0) is 6.61 Å². The molecule has 98 valence electrons. The van der Waals surface area contributed by atoms with Crippen molar-refractivity contribution >= 4 is 17.5 Å². The standard InChI is InChI=1S/C14H11ClFNO2/c15-11-3-5-12(6-4-11)19-8-10-2-1-9(14(17)18)7-13(10)16/h1-7H,8H2,(H2,17,18). The maximum atomic E-state index is 13.7. The van der Waals surface area contributed by atoms with Crippen molar-refractivity contribution < 1.29 is 13.9 Å². The summed E-state index contributed by atoms with van der Waals surface area (Å²) < 4.78 is 19.1. The van der Waals surface area contributed by atoms with Crippen LogP contribution >= 0.6 is 11.6 Å². The Kier molecular flexibility index (Phi) is 4.02. The van der Waals surface area contributed by atoms with Gasteiger partial charge in [-0.05, 0) is 36.4 Å². The van der Waals surface area contributed by atoms with Crippen LogP contribution in [0.3, 0.4) is 0 Å². The van der Waals surface area contributed by atoms with Crippen LogP contribution in [0.15, 0.2) is 42.5 Å². The van der Waals surface area contributed by atoms with Crippen molar-refractivity contribution in [2.75, 3.05) is 0 Å². The summed E-state index contributed by atoms with van der Waals surface area (Å²) in [7, 11) is 0. The van der Waals surface area contributed by atoms with Crippen LogP contribution < -0.4 is 10.5 Å². The predicted octanol–water partition coefficient (Wildman–Crippen LogP) is 3.16. The lowest BCUT2D eigenvalue weighted by atomic mass is 10.1. The van der Waals surface area contributed by atoms with E-state index in [9.17, 15) is 9.18 Å². The second-order valence-corrected chi connectivity index (χ2v) is 4.35. The Morgan fingerprint density at radius 3 is 2.47 bits per heavy atom. The highest BCUT2D eigenvalue weighted by Gasteiger charge is 2.07. The first-order valence-electron chi connectivity index (χ1n) is 5.53. The molecule has 0 aromatic heterocycles. The number of amides is 1. The molecule has 2 rings (SSSR count). The minimum absolute atomic E-state index is 0.0620. The summed E-state index contributed by atoms with van der Waals surface area (Å²) in [6, 6.07) is 10.8. The summed E-state index contributed by atoms with van der Waals surface area (Å²) in [6.07, 6.45) is 0. The molecule has 0 fully saturated rings. The zero-order valence-corrected chi connectivity index (χ0v) is 10.7. The fourth-order valence-electron chi connectivity index (χ4n) is 1.51. The van der Waals surface area contributed by atoms with Gasteiger partial charge in [0.15, 0.2) is 0 Å². The Bertz CT molecular complexity index is 599. The minimum Gasteiger partial charge on any atom is -0.489 e. The van der Waals surface area contributed by atoms with Gasteiger partial charge in [0.05, 0.1) is 0 Å². The van der Waals surface area contributed by atoms with Crippen LogP contribution in [0.25, 0.3) is 0 Å². The Hall–Kier alpha value is -2.07. The highest BCUT2D eigenvalue weighted by Crippen LogP contribution is 2.18. The van der Waals surface area contributed by atoms with Crippen LogP contribution in [0.4, 0.5) is 4.39 Å². The summed E-state index contributed by atoms with van der Waals surface area (Å²) in [5, 5.41) is 0.601. The molecule has 0 unspecified atom stereocenters. The van der Waals surface area contributed by atoms with E-state index in [4.69, 9.17) is 22.1 Å². The molecule has 0 heterocycles. The van der Waals surface area contributed by atoms with Gasteiger partial charge in [-0.2, -0.15) is 0 Å². The molecule has 19 heavy (non-hydrogen) atoms. The largest absolute Gasteiger partial charge is 0.489 e. The molecule has 0 atom stereocenters. The van der Waals surface area contributed by atoms with Gasteiger partial charge in [-0.3, -0.25) is 4.79 Å². The van der Waals surface area contributed by atoms with Gasteiger partial charge in [-0.1, -0.05) is 17.7 Å². The lowest BCUT2D eigenvalue weighted by molar-refractivity contribution is 0.0999. The third kappa shape index (κ3) is 3.45. The number of halogens is 2. The number of carbonyl (C=O) groups is 1. The lowest BCUT2D eigenvalue weighted by Gasteiger charge is -2.08. The fraction of sp³-hybridized carbons (Fsp3) is 0.0714. The molecular weight excluding hydrogens is 269 g/mol. The monoisotopic (exact) mass is 279 g/mol. The van der Waals surface area contributed by atoms with Crippen LogP contribution in [0.1, 0.15) is 15.9 Å². The van der Waals surface area contributed by atoms with Gasteiger partial charge < -0.3 is 10.5 Å². The number of hydrogen-bond donors (Lipinski definition) is 1. The van der Waals surface area contributed by atoms with Gasteiger partial charge in [0.1, 0.15) is 18.2 Å². The van der Waals surface area contributed by atoms with Gasteiger partial charge >= 0.3 is 0 Å². The second kappa shape index (κ2) is 5.71. The topological polar surface area (TPSA) is 52.3 Å². The first-order chi connectivity index (χ1) is 9.06. The van der Waals surface area contributed by atoms with Gasteiger partial charge in [0, 0.05) is 16.1 Å². The molecule has 2 aromatic rings. The molecule has 2 N–H and O–H groups in total. The molecule has 2 aromatic carbocycles. The average Bonchev–Trinajstić information content (AvgIpc) is 2.39. The minimum atomic E-state index is -0.663. The maximum Gasteiger partial charge on any atom is 0.248 e. The smallest absolute Gasteiger partial charge is 0.248 e. The van der Waals surface area contributed by atoms with Crippen LogP contribution in [0, 0.1) is 5.82 Å². The molecule has 0 bridgehead atoms. The zero-order valence-electron chi connectivity index (χ0n) is 9.90. The third-order valence-corrected chi connectivity index (χ3v) is 2.80. The van der Waals surface area contributed by atoms with Crippen molar-refractivity contribution in [2.24, 2.45) is 5.73 Å². The molecule has 3 nitrogen and oxygen atoms in total. The molecule has 0 spiro atoms. The van der Waals surface area contributed by atoms with Gasteiger partial charge in [-0.25, -0.2) is 4.39 Å². The number of benzene rings is 2. The number of hydrogen-bond acceptors (Lipinski definition) is 2. The van der Waals surface area contributed by atoms with E-state index in [1.54, 1.807) is 24.3 Å². The average molecular weight is 280 g/mol. The highest BCUT2D eigenvalue weighted by molar-refractivity contribution is 6.30. The Morgan fingerprint density at radius 1 is 1.21 bits per heavy atom. The van der Waals surface area contributed by atoms with Crippen molar-refractivity contribution in [3.05, 3.63) is 64.4 Å². The van der Waals surface area contributed by atoms with Crippen molar-refractivity contribution in [1.82, 2.24) is 0 Å². The number of primary amides is 1. The van der Waals surface area contributed by atoms with Gasteiger partial charge in [-0.15, -0.1) is 0 Å². The Labute approximate surface area is 114 Å². The molecule has 0 aliphatic heterocycles. The number of carbonyl (C=O) groups excluding carboxylic acids is 1. The van der Waals surface area contributed by atoms with E-state index in [0.717, 1.165) is 6.07 Å². The van der Waals surface area contributed by atoms with E-state index in [1.807, 2.05) is 0 Å². The quantitative estimate of drug-likeness (QED) is 0.935. The number of ether oxygens (including phenoxy) is 1. The van der Waals surface area contributed by atoms with Crippen molar-refractivity contribution in [3.63, 3.8) is 0 Å². The Balaban J connectivity index is 2.07. The Morgan fingerprint density at radius 2 is 1.89 bits per heavy atom. The highest BCUT2D eigenvalue weighted by atomic mass is 35.5. The lowest BCUT2D eigenvalue weighted by Crippen LogP contribution is -2.11. The van der Waals surface area contributed by atoms with E-state index in [1.165, 1.54) is 12.1 Å². The number of nitrogens with two attached hydrogens (primary N) is 1. The molecule has 0 aliphatic rings. The maximum absolute atomic E-state index is 13.7. The van der Waals surface area contributed by atoms with E-state index < -0.39 is 11.7 Å². The normalized spacial score (nSPS) is 10.2. The molecule has 0 radical (unpaired) electrons. The molecular formula is C14H11ClFNO2. The van der Waals surface area contributed by atoms with Crippen LogP contribution in [0.2, 0.25) is 5.02 Å². The first kappa shape index (κ1) is 13.4. The number of rotatable bonds is 4. The van der Waals surface area contributed by atoms with E-state index in [2.05, 4.69) is 0 Å². The van der Waals surface area contributed by atoms with E-state index >= 15 is 0 Å². The molecule has 0 saturated heterocycles. The SMILES string of the molecule is NC(=O)c1ccc(COc2ccc(Cl)cc2)c(F)c1. The third-order valence-electron chi connectivity index (χ3n) is 2.55. The van der Waals surface area contributed by atoms with Gasteiger partial charge in [0.25, 0.3) is 0 Å². The predicted molar refractivity (Wildman–Crippen MR) is 70.7 cm³/mol. The summed E-state index contributed by atoms with van der Waals surface area (Å²) in [4.78, 5) is 10.9. The molecule has 5 heteroatoms. The summed E-state index contributed by atoms with van der Waals surface area (Å²) in [5.74, 6) is -0.600. The first-order valence-corrected chi connectivity index (χ1v) is 5.90. The molecule has 1 amide bonds. The summed E-state index contributed by atoms with van der Waals surface area (Å²) in [5.41, 5.74) is 5.54. The molecule has 0 saturated carbocycles. The molecule has 0 aliphatic carbocycles. The van der Waals surface area contributed by atoms with Crippen molar-refractivity contribution in [1.29, 1.82) is 0 Å². The van der Waals surface area contributed by atoms with E-state index in [0.29, 0.717) is 16.3 Å². The zero-order chi connectivity index (χ0) is 13.8. The summed E-state index contributed by atoms with van der Waals surface area (Å²) >= 11 is 5.74. The van der Waals surface area contributed by atoms with Gasteiger partial charge in [0.2, 0.25) is 5.91 Å². The van der Waals surface area contributed by atoms with Crippen molar-refractivity contribution in [2.45, 2.75) is 6.61 Å². The summed E-state index contributed by atoms with van der Waals surface area (Å²) in [6.45, 7) is 0.0620. The second-order valence-electron chi connectivity index (χ2n) is 3.91. The van der Waals surface area contributed by atoms with Crippen LogP contribution in [-0.4, -0.2) is 5.91 Å². The van der Waals surface area contributed by atoms with Crippen molar-refractivity contribution in [3.8, 4) is 5.75 Å². The van der Waals surface area contributed by atoms with Crippen LogP contribution in [0.5, 0.6) is 5.75 Å².